The fourth-order valence-corrected chi connectivity index (χ4v) is 1.63. The third-order valence-electron chi connectivity index (χ3n) is 2.42. The molecule has 0 aliphatic rings. The van der Waals surface area contributed by atoms with E-state index in [-0.39, 0.29) is 0 Å². The summed E-state index contributed by atoms with van der Waals surface area (Å²) in [6.07, 6.45) is 0. The van der Waals surface area contributed by atoms with Crippen molar-refractivity contribution in [1.29, 1.82) is 0 Å². The second-order valence-corrected chi connectivity index (χ2v) is 3.25. The summed E-state index contributed by atoms with van der Waals surface area (Å²) in [5, 5.41) is 1.25. The maximum Gasteiger partial charge on any atom is 0.108 e. The summed E-state index contributed by atoms with van der Waals surface area (Å²) in [5.74, 6) is 0. The second kappa shape index (κ2) is 3.82. The standard InChI is InChI=1S/C11H14N2O/c1-12-14-8-10-7-9-5-3-4-6-11(9)13(10)2/h3-7,12H,8H2,1-2H3. The van der Waals surface area contributed by atoms with E-state index in [1.165, 1.54) is 16.6 Å². The van der Waals surface area contributed by atoms with Gasteiger partial charge in [0, 0.05) is 25.3 Å². The van der Waals surface area contributed by atoms with Gasteiger partial charge in [0.05, 0.1) is 0 Å². The van der Waals surface area contributed by atoms with Gasteiger partial charge in [-0.25, -0.2) is 5.48 Å². The molecule has 0 aliphatic carbocycles. The Hall–Kier alpha value is -1.32. The number of hydrogen-bond donors (Lipinski definition) is 1. The highest BCUT2D eigenvalue weighted by Crippen LogP contribution is 2.18. The first-order valence-corrected chi connectivity index (χ1v) is 4.65. The molecule has 0 unspecified atom stereocenters. The number of nitrogens with zero attached hydrogens (tertiary/aromatic N) is 1. The lowest BCUT2D eigenvalue weighted by Crippen LogP contribution is -2.08. The maximum atomic E-state index is 5.16. The molecule has 1 aromatic carbocycles. The van der Waals surface area contributed by atoms with Crippen molar-refractivity contribution in [1.82, 2.24) is 10.0 Å². The Kier molecular flexibility index (Phi) is 2.52. The third-order valence-corrected chi connectivity index (χ3v) is 2.42. The zero-order valence-electron chi connectivity index (χ0n) is 8.45. The summed E-state index contributed by atoms with van der Waals surface area (Å²) in [5.41, 5.74) is 5.08. The van der Waals surface area contributed by atoms with Crippen molar-refractivity contribution < 1.29 is 4.84 Å². The van der Waals surface area contributed by atoms with Crippen LogP contribution in [0, 0.1) is 0 Å². The Morgan fingerprint density at radius 3 is 2.86 bits per heavy atom. The molecule has 0 saturated heterocycles. The van der Waals surface area contributed by atoms with E-state index in [1.807, 2.05) is 12.1 Å². The normalized spacial score (nSPS) is 11.0. The fourth-order valence-electron chi connectivity index (χ4n) is 1.63. The number of aryl methyl sites for hydroxylation is 1. The summed E-state index contributed by atoms with van der Waals surface area (Å²) in [4.78, 5) is 5.16. The zero-order chi connectivity index (χ0) is 9.97. The van der Waals surface area contributed by atoms with E-state index < -0.39 is 0 Å². The quantitative estimate of drug-likeness (QED) is 0.747. The van der Waals surface area contributed by atoms with Gasteiger partial charge in [0.25, 0.3) is 0 Å². The first-order chi connectivity index (χ1) is 6.83. The lowest BCUT2D eigenvalue weighted by atomic mass is 10.2. The van der Waals surface area contributed by atoms with E-state index in [4.69, 9.17) is 4.84 Å². The molecule has 0 bridgehead atoms. The molecule has 0 aliphatic heterocycles. The predicted octanol–water partition coefficient (Wildman–Crippen LogP) is 1.83. The van der Waals surface area contributed by atoms with Gasteiger partial charge in [0.2, 0.25) is 0 Å². The van der Waals surface area contributed by atoms with Crippen LogP contribution < -0.4 is 5.48 Å². The van der Waals surface area contributed by atoms with Gasteiger partial charge >= 0.3 is 0 Å². The lowest BCUT2D eigenvalue weighted by Gasteiger charge is -2.03. The highest BCUT2D eigenvalue weighted by Gasteiger charge is 2.03. The molecule has 0 spiro atoms. The van der Waals surface area contributed by atoms with Crippen LogP contribution in [-0.4, -0.2) is 11.6 Å². The molecule has 0 fully saturated rings. The van der Waals surface area contributed by atoms with Crippen molar-refractivity contribution in [2.45, 2.75) is 6.61 Å². The van der Waals surface area contributed by atoms with E-state index in [0.29, 0.717) is 6.61 Å². The number of nitrogens with one attached hydrogen (secondary N) is 1. The van der Waals surface area contributed by atoms with Crippen molar-refractivity contribution in [2.24, 2.45) is 7.05 Å². The fraction of sp³-hybridized carbons (Fsp3) is 0.273. The SMILES string of the molecule is CNOCc1cc2ccccc2n1C. The monoisotopic (exact) mass is 190 g/mol. The van der Waals surface area contributed by atoms with E-state index >= 15 is 0 Å². The Labute approximate surface area is 83.2 Å². The molecule has 3 heteroatoms. The number of para-hydroxylation sites is 1. The van der Waals surface area contributed by atoms with Gasteiger partial charge in [0.1, 0.15) is 6.61 Å². The number of fused-ring (bicyclic) bond motifs is 1. The van der Waals surface area contributed by atoms with E-state index in [2.05, 4.69) is 35.3 Å². The Balaban J connectivity index is 2.41. The van der Waals surface area contributed by atoms with Gasteiger partial charge in [-0.05, 0) is 17.5 Å². The molecule has 14 heavy (non-hydrogen) atoms. The summed E-state index contributed by atoms with van der Waals surface area (Å²) in [7, 11) is 3.82. The first-order valence-electron chi connectivity index (χ1n) is 4.65. The zero-order valence-corrected chi connectivity index (χ0v) is 8.45. The van der Waals surface area contributed by atoms with Crippen molar-refractivity contribution in [3.05, 3.63) is 36.0 Å². The van der Waals surface area contributed by atoms with Crippen LogP contribution in [0.5, 0.6) is 0 Å². The Bertz CT molecular complexity index is 434. The van der Waals surface area contributed by atoms with Crippen LogP contribution in [0.15, 0.2) is 30.3 Å². The molecule has 0 saturated carbocycles. The number of rotatable bonds is 3. The molecular weight excluding hydrogens is 176 g/mol. The number of hydroxylamine groups is 1. The van der Waals surface area contributed by atoms with Crippen LogP contribution in [0.25, 0.3) is 10.9 Å². The van der Waals surface area contributed by atoms with Gasteiger partial charge < -0.3 is 4.57 Å². The minimum absolute atomic E-state index is 0.585. The number of aromatic nitrogens is 1. The second-order valence-electron chi connectivity index (χ2n) is 3.25. The molecule has 0 radical (unpaired) electrons. The molecule has 2 aromatic rings. The van der Waals surface area contributed by atoms with E-state index in [1.54, 1.807) is 7.05 Å². The highest BCUT2D eigenvalue weighted by atomic mass is 16.6. The molecule has 0 amide bonds. The first kappa shape index (κ1) is 9.24. The number of benzene rings is 1. The maximum absolute atomic E-state index is 5.16. The summed E-state index contributed by atoms with van der Waals surface area (Å²) in [6.45, 7) is 0.585. The smallest absolute Gasteiger partial charge is 0.108 e. The summed E-state index contributed by atoms with van der Waals surface area (Å²) in [6, 6.07) is 10.5. The molecular formula is C11H14N2O. The van der Waals surface area contributed by atoms with Gasteiger partial charge in [-0.3, -0.25) is 4.84 Å². The predicted molar refractivity (Wildman–Crippen MR) is 56.8 cm³/mol. The van der Waals surface area contributed by atoms with Crippen LogP contribution in [-0.2, 0) is 18.5 Å². The minimum Gasteiger partial charge on any atom is -0.345 e. The Morgan fingerprint density at radius 1 is 1.36 bits per heavy atom. The van der Waals surface area contributed by atoms with E-state index in [0.717, 1.165) is 0 Å². The molecule has 0 atom stereocenters. The van der Waals surface area contributed by atoms with Crippen molar-refractivity contribution in [3.8, 4) is 0 Å². The molecule has 1 aromatic heterocycles. The van der Waals surface area contributed by atoms with Gasteiger partial charge in [-0.1, -0.05) is 18.2 Å². The summed E-state index contributed by atoms with van der Waals surface area (Å²) < 4.78 is 2.15. The van der Waals surface area contributed by atoms with Crippen LogP contribution in [0.4, 0.5) is 0 Å². The topological polar surface area (TPSA) is 26.2 Å². The largest absolute Gasteiger partial charge is 0.345 e. The minimum atomic E-state index is 0.585. The highest BCUT2D eigenvalue weighted by molar-refractivity contribution is 5.81. The molecule has 2 rings (SSSR count). The van der Waals surface area contributed by atoms with Gasteiger partial charge in [-0.2, -0.15) is 0 Å². The van der Waals surface area contributed by atoms with E-state index in [9.17, 15) is 0 Å². The third kappa shape index (κ3) is 1.52. The van der Waals surface area contributed by atoms with Gasteiger partial charge in [0.15, 0.2) is 0 Å². The Morgan fingerprint density at radius 2 is 2.14 bits per heavy atom. The van der Waals surface area contributed by atoms with Crippen LogP contribution >= 0.6 is 0 Å². The lowest BCUT2D eigenvalue weighted by molar-refractivity contribution is 0.0413. The summed E-state index contributed by atoms with van der Waals surface area (Å²) >= 11 is 0. The average Bonchev–Trinajstić information content (AvgIpc) is 2.54. The molecule has 3 nitrogen and oxygen atoms in total. The molecule has 1 heterocycles. The van der Waals surface area contributed by atoms with Crippen molar-refractivity contribution >= 4 is 10.9 Å². The van der Waals surface area contributed by atoms with Crippen LogP contribution in [0.2, 0.25) is 0 Å². The number of hydrogen-bond acceptors (Lipinski definition) is 2. The van der Waals surface area contributed by atoms with Gasteiger partial charge in [-0.15, -0.1) is 0 Å². The van der Waals surface area contributed by atoms with Crippen LogP contribution in [0.3, 0.4) is 0 Å². The van der Waals surface area contributed by atoms with Crippen LogP contribution in [0.1, 0.15) is 5.69 Å². The van der Waals surface area contributed by atoms with Crippen molar-refractivity contribution in [3.63, 3.8) is 0 Å². The average molecular weight is 190 g/mol. The molecule has 1 N–H and O–H groups in total. The van der Waals surface area contributed by atoms with Crippen molar-refractivity contribution in [2.75, 3.05) is 7.05 Å². The molecule has 74 valence electrons.